The number of thiophene rings is 1. The first-order valence-corrected chi connectivity index (χ1v) is 21.4. The lowest BCUT2D eigenvalue weighted by atomic mass is 9.90. The Bertz CT molecular complexity index is 3300. The molecule has 11 rings (SSSR count). The maximum atomic E-state index is 5.44. The molecular formula is C56H39N3S. The lowest BCUT2D eigenvalue weighted by Crippen LogP contribution is -2.02. The summed E-state index contributed by atoms with van der Waals surface area (Å²) in [4.78, 5) is 16.1. The van der Waals surface area contributed by atoms with Crippen molar-refractivity contribution < 1.29 is 0 Å². The van der Waals surface area contributed by atoms with E-state index in [9.17, 15) is 0 Å². The zero-order valence-electron chi connectivity index (χ0n) is 33.1. The summed E-state index contributed by atoms with van der Waals surface area (Å²) in [7, 11) is 0. The molecule has 2 heterocycles. The van der Waals surface area contributed by atoms with Crippen LogP contribution in [0.1, 0.15) is 18.9 Å². The van der Waals surface area contributed by atoms with Crippen LogP contribution in [0.2, 0.25) is 0 Å². The van der Waals surface area contributed by atoms with Crippen molar-refractivity contribution in [2.75, 3.05) is 0 Å². The second-order valence-electron chi connectivity index (χ2n) is 15.6. The Kier molecular flexibility index (Phi) is 9.06. The molecule has 0 N–H and O–H groups in total. The lowest BCUT2D eigenvalue weighted by Gasteiger charge is -2.17. The average Bonchev–Trinajstić information content (AvgIpc) is 3.71. The number of hydrogen-bond acceptors (Lipinski definition) is 4. The molecule has 8 aromatic carbocycles. The average molecular weight is 786 g/mol. The topological polar surface area (TPSA) is 38.7 Å². The molecule has 284 valence electrons. The molecule has 0 bridgehead atoms. The van der Waals surface area contributed by atoms with Gasteiger partial charge in [-0.25, -0.2) is 15.0 Å². The summed E-state index contributed by atoms with van der Waals surface area (Å²) in [6, 6.07) is 64.9. The fraction of sp³-hybridized carbons (Fsp3) is 0.0536. The van der Waals surface area contributed by atoms with Gasteiger partial charge in [-0.15, -0.1) is 11.3 Å². The number of allylic oxidation sites excluding steroid dienone is 4. The van der Waals surface area contributed by atoms with Gasteiger partial charge in [-0.3, -0.25) is 0 Å². The van der Waals surface area contributed by atoms with Crippen molar-refractivity contribution in [3.05, 3.63) is 206 Å². The Morgan fingerprint density at radius 1 is 0.450 bits per heavy atom. The first-order chi connectivity index (χ1) is 29.6. The fourth-order valence-electron chi connectivity index (χ4n) is 8.54. The molecule has 0 radical (unpaired) electrons. The Labute approximate surface area is 353 Å². The van der Waals surface area contributed by atoms with E-state index >= 15 is 0 Å². The molecule has 3 nitrogen and oxygen atoms in total. The highest BCUT2D eigenvalue weighted by Gasteiger charge is 2.21. The maximum Gasteiger partial charge on any atom is 0.165 e. The first-order valence-electron chi connectivity index (χ1n) is 20.6. The van der Waals surface area contributed by atoms with Crippen molar-refractivity contribution in [3.8, 4) is 67.5 Å². The molecule has 2 aromatic heterocycles. The highest BCUT2D eigenvalue weighted by atomic mass is 32.1. The van der Waals surface area contributed by atoms with Crippen LogP contribution in [0.3, 0.4) is 0 Å². The third-order valence-electron chi connectivity index (χ3n) is 11.7. The quantitative estimate of drug-likeness (QED) is 0.162. The summed E-state index contributed by atoms with van der Waals surface area (Å²) in [6.07, 6.45) is 7.97. The molecule has 10 aromatic rings. The molecule has 1 aliphatic rings. The van der Waals surface area contributed by atoms with E-state index in [0.29, 0.717) is 23.4 Å². The van der Waals surface area contributed by atoms with Gasteiger partial charge in [0, 0.05) is 36.9 Å². The molecule has 0 saturated heterocycles. The number of fused-ring (bicyclic) bond motifs is 4. The third kappa shape index (κ3) is 6.61. The minimum Gasteiger partial charge on any atom is -0.208 e. The van der Waals surface area contributed by atoms with Crippen molar-refractivity contribution >= 4 is 47.9 Å². The van der Waals surface area contributed by atoms with Crippen LogP contribution in [0.15, 0.2) is 200 Å². The molecule has 1 unspecified atom stereocenters. The van der Waals surface area contributed by atoms with Gasteiger partial charge in [0.2, 0.25) is 0 Å². The molecule has 4 heteroatoms. The maximum absolute atomic E-state index is 5.44. The number of benzene rings is 8. The molecule has 1 aliphatic carbocycles. The first kappa shape index (κ1) is 35.9. The van der Waals surface area contributed by atoms with Crippen LogP contribution in [-0.4, -0.2) is 15.0 Å². The number of hydrogen-bond donors (Lipinski definition) is 0. The summed E-state index contributed by atoms with van der Waals surface area (Å²) in [5, 5.41) is 4.69. The number of rotatable bonds is 7. The molecular weight excluding hydrogens is 747 g/mol. The van der Waals surface area contributed by atoms with Gasteiger partial charge in [0.15, 0.2) is 17.5 Å². The van der Waals surface area contributed by atoms with E-state index < -0.39 is 0 Å². The van der Waals surface area contributed by atoms with Crippen LogP contribution in [0.5, 0.6) is 0 Å². The van der Waals surface area contributed by atoms with Crippen molar-refractivity contribution in [2.45, 2.75) is 13.3 Å². The largest absolute Gasteiger partial charge is 0.208 e. The predicted octanol–water partition coefficient (Wildman–Crippen LogP) is 15.4. The van der Waals surface area contributed by atoms with Crippen molar-refractivity contribution in [1.82, 2.24) is 15.0 Å². The third-order valence-corrected chi connectivity index (χ3v) is 12.9. The second-order valence-corrected chi connectivity index (χ2v) is 16.7. The van der Waals surface area contributed by atoms with Crippen LogP contribution in [0, 0.1) is 5.92 Å². The Morgan fingerprint density at radius 2 is 1.07 bits per heavy atom. The Balaban J connectivity index is 1.10. The van der Waals surface area contributed by atoms with Gasteiger partial charge in [-0.1, -0.05) is 183 Å². The Morgan fingerprint density at radius 3 is 1.88 bits per heavy atom. The molecule has 60 heavy (non-hydrogen) atoms. The zero-order valence-corrected chi connectivity index (χ0v) is 33.9. The molecule has 1 atom stereocenters. The molecule has 0 aliphatic heterocycles. The van der Waals surface area contributed by atoms with Gasteiger partial charge in [0.25, 0.3) is 0 Å². The van der Waals surface area contributed by atoms with Crippen molar-refractivity contribution in [3.63, 3.8) is 0 Å². The predicted molar refractivity (Wildman–Crippen MR) is 254 cm³/mol. The standard InChI is InChI=1S/C56H39N3S/c1-36-24-26-38(27-25-36)44-17-10-18-45(35-44)47-33-32-40-14-5-6-19-46(40)52(47)56-58-54(57-55(59-56)50-22-11-21-49-48-20-7-8-23-51(48)60-53(49)50)41-30-28-39(29-31-41)43-16-9-15-42(34-43)37-12-3-2-4-13-37/h2-24,26-36H,25H2,1H3. The summed E-state index contributed by atoms with van der Waals surface area (Å²) < 4.78 is 2.42. The van der Waals surface area contributed by atoms with Gasteiger partial charge in [-0.05, 0) is 91.9 Å². The van der Waals surface area contributed by atoms with Crippen LogP contribution >= 0.6 is 11.3 Å². The minimum atomic E-state index is 0.553. The highest BCUT2D eigenvalue weighted by Crippen LogP contribution is 2.42. The van der Waals surface area contributed by atoms with Crippen molar-refractivity contribution in [2.24, 2.45) is 5.92 Å². The van der Waals surface area contributed by atoms with E-state index in [4.69, 9.17) is 15.0 Å². The molecule has 0 saturated carbocycles. The number of nitrogens with zero attached hydrogens (tertiary/aromatic N) is 3. The monoisotopic (exact) mass is 785 g/mol. The van der Waals surface area contributed by atoms with Gasteiger partial charge < -0.3 is 0 Å². The van der Waals surface area contributed by atoms with Crippen LogP contribution < -0.4 is 0 Å². The van der Waals surface area contributed by atoms with E-state index in [0.717, 1.165) is 56.1 Å². The van der Waals surface area contributed by atoms with Gasteiger partial charge in [0.05, 0.1) is 0 Å². The highest BCUT2D eigenvalue weighted by molar-refractivity contribution is 7.26. The van der Waals surface area contributed by atoms with E-state index in [-0.39, 0.29) is 0 Å². The normalized spacial score (nSPS) is 13.9. The molecule has 0 amide bonds. The SMILES string of the molecule is CC1C=CC(c2cccc(-c3ccc4ccccc4c3-c3nc(-c4ccc(-c5cccc(-c6ccccc6)c5)cc4)nc(-c4cccc5c4sc4ccccc45)n3)c2)=CC1. The van der Waals surface area contributed by atoms with Crippen LogP contribution in [0.25, 0.3) is 104 Å². The minimum absolute atomic E-state index is 0.553. The summed E-state index contributed by atoms with van der Waals surface area (Å²) >= 11 is 1.79. The zero-order chi connectivity index (χ0) is 40.0. The van der Waals surface area contributed by atoms with Gasteiger partial charge in [0.1, 0.15) is 0 Å². The van der Waals surface area contributed by atoms with Crippen LogP contribution in [-0.2, 0) is 0 Å². The van der Waals surface area contributed by atoms with E-state index in [2.05, 4.69) is 207 Å². The van der Waals surface area contributed by atoms with Crippen LogP contribution in [0.4, 0.5) is 0 Å². The molecule has 0 fully saturated rings. The smallest absolute Gasteiger partial charge is 0.165 e. The van der Waals surface area contributed by atoms with E-state index in [1.165, 1.54) is 42.4 Å². The second kappa shape index (κ2) is 15.2. The lowest BCUT2D eigenvalue weighted by molar-refractivity contribution is 0.739. The summed E-state index contributed by atoms with van der Waals surface area (Å²) in [5.74, 6) is 2.50. The van der Waals surface area contributed by atoms with Gasteiger partial charge in [-0.2, -0.15) is 0 Å². The van der Waals surface area contributed by atoms with Gasteiger partial charge >= 0.3 is 0 Å². The van der Waals surface area contributed by atoms with E-state index in [1.54, 1.807) is 11.3 Å². The van der Waals surface area contributed by atoms with E-state index in [1.807, 2.05) is 0 Å². The number of aromatic nitrogens is 3. The Hall–Kier alpha value is -7.27. The summed E-state index contributed by atoms with van der Waals surface area (Å²) in [6.45, 7) is 2.26. The fourth-order valence-corrected chi connectivity index (χ4v) is 9.75. The summed E-state index contributed by atoms with van der Waals surface area (Å²) in [5.41, 5.74) is 12.3. The molecule has 0 spiro atoms. The van der Waals surface area contributed by atoms with Crippen molar-refractivity contribution in [1.29, 1.82) is 0 Å².